The molecule has 24 heavy (non-hydrogen) atoms. The zero-order chi connectivity index (χ0) is 17.1. The number of carboxylic acid groups (broad SMARTS) is 1. The van der Waals surface area contributed by atoms with Gasteiger partial charge in [-0.25, -0.2) is 9.37 Å². The van der Waals surface area contributed by atoms with Gasteiger partial charge in [-0.05, 0) is 31.0 Å². The Morgan fingerprint density at radius 1 is 1.42 bits per heavy atom. The van der Waals surface area contributed by atoms with Crippen molar-refractivity contribution in [1.29, 1.82) is 0 Å². The molecule has 0 radical (unpaired) electrons. The van der Waals surface area contributed by atoms with Crippen LogP contribution in [0, 0.1) is 18.7 Å². The Hall–Kier alpha value is -3.03. The number of carboxylic acids is 1. The van der Waals surface area contributed by atoms with Crippen LogP contribution < -0.4 is 5.32 Å². The van der Waals surface area contributed by atoms with Gasteiger partial charge in [0.15, 0.2) is 0 Å². The molecular formula is C16H15FN4O3. The van der Waals surface area contributed by atoms with Gasteiger partial charge in [-0.1, -0.05) is 17.3 Å². The van der Waals surface area contributed by atoms with Crippen molar-refractivity contribution in [2.75, 3.05) is 11.9 Å². The van der Waals surface area contributed by atoms with E-state index in [0.717, 1.165) is 0 Å². The predicted molar refractivity (Wildman–Crippen MR) is 84.1 cm³/mol. The summed E-state index contributed by atoms with van der Waals surface area (Å²) in [7, 11) is 0. The molecule has 0 aliphatic carbocycles. The number of carbonyl (C=O) groups is 1. The van der Waals surface area contributed by atoms with E-state index in [1.54, 1.807) is 19.1 Å². The molecule has 0 saturated heterocycles. The first-order chi connectivity index (χ1) is 11.5. The van der Waals surface area contributed by atoms with Crippen LogP contribution in [-0.4, -0.2) is 32.7 Å². The lowest BCUT2D eigenvalue weighted by atomic mass is 9.99. The van der Waals surface area contributed by atoms with E-state index in [4.69, 9.17) is 4.52 Å². The first kappa shape index (κ1) is 15.9. The first-order valence-corrected chi connectivity index (χ1v) is 7.32. The van der Waals surface area contributed by atoms with E-state index in [1.165, 1.54) is 18.5 Å². The summed E-state index contributed by atoms with van der Waals surface area (Å²) in [6.45, 7) is 1.88. The third-order valence-corrected chi connectivity index (χ3v) is 3.68. The van der Waals surface area contributed by atoms with Gasteiger partial charge in [-0.15, -0.1) is 0 Å². The Kier molecular flexibility index (Phi) is 4.37. The highest BCUT2D eigenvalue weighted by Gasteiger charge is 2.20. The molecule has 1 aromatic carbocycles. The van der Waals surface area contributed by atoms with Crippen molar-refractivity contribution >= 4 is 22.9 Å². The number of anilines is 1. The normalized spacial score (nSPS) is 12.2. The highest BCUT2D eigenvalue weighted by atomic mass is 19.1. The van der Waals surface area contributed by atoms with Gasteiger partial charge in [0.2, 0.25) is 0 Å². The number of benzene rings is 1. The van der Waals surface area contributed by atoms with Gasteiger partial charge in [-0.2, -0.15) is 4.98 Å². The number of hydrogen-bond donors (Lipinski definition) is 2. The lowest BCUT2D eigenvalue weighted by Gasteiger charge is -2.14. The van der Waals surface area contributed by atoms with Crippen LogP contribution in [0.3, 0.4) is 0 Å². The molecule has 0 amide bonds. The summed E-state index contributed by atoms with van der Waals surface area (Å²) in [5, 5.41) is 16.9. The minimum Gasteiger partial charge on any atom is -0.481 e. The average Bonchev–Trinajstić information content (AvgIpc) is 2.93. The molecule has 0 aliphatic heterocycles. The van der Waals surface area contributed by atoms with Gasteiger partial charge in [0.1, 0.15) is 23.3 Å². The molecule has 1 unspecified atom stereocenters. The fourth-order valence-corrected chi connectivity index (χ4v) is 2.47. The molecule has 3 rings (SSSR count). The van der Waals surface area contributed by atoms with Crippen molar-refractivity contribution in [2.24, 2.45) is 5.92 Å². The molecule has 8 heteroatoms. The fraction of sp³-hybridized carbons (Fsp3) is 0.250. The Labute approximate surface area is 136 Å². The molecule has 0 fully saturated rings. The van der Waals surface area contributed by atoms with Gasteiger partial charge in [0.25, 0.3) is 5.71 Å². The SMILES string of the molecule is Cc1noc2ncnc(NCC(Cc3cccc(F)c3)C(=O)O)c12. The summed E-state index contributed by atoms with van der Waals surface area (Å²) >= 11 is 0. The first-order valence-electron chi connectivity index (χ1n) is 7.32. The second kappa shape index (κ2) is 6.61. The van der Waals surface area contributed by atoms with E-state index >= 15 is 0 Å². The molecule has 2 aromatic heterocycles. The molecule has 124 valence electrons. The van der Waals surface area contributed by atoms with E-state index in [1.807, 2.05) is 0 Å². The molecule has 2 heterocycles. The lowest BCUT2D eigenvalue weighted by molar-refractivity contribution is -0.141. The van der Waals surface area contributed by atoms with Crippen molar-refractivity contribution in [3.8, 4) is 0 Å². The van der Waals surface area contributed by atoms with Gasteiger partial charge >= 0.3 is 5.97 Å². The van der Waals surface area contributed by atoms with Crippen LogP contribution in [-0.2, 0) is 11.2 Å². The highest BCUT2D eigenvalue weighted by Crippen LogP contribution is 2.23. The maximum Gasteiger partial charge on any atom is 0.308 e. The molecule has 0 saturated carbocycles. The van der Waals surface area contributed by atoms with Crippen molar-refractivity contribution in [2.45, 2.75) is 13.3 Å². The monoisotopic (exact) mass is 330 g/mol. The number of hydrogen-bond acceptors (Lipinski definition) is 6. The molecule has 2 N–H and O–H groups in total. The van der Waals surface area contributed by atoms with Crippen LogP contribution in [0.5, 0.6) is 0 Å². The number of aryl methyl sites for hydroxylation is 1. The highest BCUT2D eigenvalue weighted by molar-refractivity contribution is 5.87. The maximum absolute atomic E-state index is 13.3. The molecule has 0 aliphatic rings. The van der Waals surface area contributed by atoms with Gasteiger partial charge in [0, 0.05) is 6.54 Å². The van der Waals surface area contributed by atoms with E-state index in [0.29, 0.717) is 28.2 Å². The predicted octanol–water partition coefficient (Wildman–Crippen LogP) is 2.42. The van der Waals surface area contributed by atoms with Gasteiger partial charge in [-0.3, -0.25) is 4.79 Å². The lowest BCUT2D eigenvalue weighted by Crippen LogP contribution is -2.25. The van der Waals surface area contributed by atoms with E-state index in [-0.39, 0.29) is 18.8 Å². The standard InChI is InChI=1S/C16H15FN4O3/c1-9-13-14(19-8-20-15(13)24-21-9)18-7-11(16(22)23)5-10-3-2-4-12(17)6-10/h2-4,6,8,11H,5,7H2,1H3,(H,22,23)(H,18,19,20). The molecule has 0 spiro atoms. The summed E-state index contributed by atoms with van der Waals surface area (Å²) in [6, 6.07) is 5.92. The van der Waals surface area contributed by atoms with Crippen LogP contribution in [0.15, 0.2) is 35.1 Å². The van der Waals surface area contributed by atoms with Crippen LogP contribution in [0.25, 0.3) is 11.1 Å². The van der Waals surface area contributed by atoms with Gasteiger partial charge in [0.05, 0.1) is 11.6 Å². The second-order valence-electron chi connectivity index (χ2n) is 5.42. The maximum atomic E-state index is 13.3. The minimum absolute atomic E-state index is 0.128. The number of rotatable bonds is 6. The summed E-state index contributed by atoms with van der Waals surface area (Å²) in [5.74, 6) is -1.64. The number of fused-ring (bicyclic) bond motifs is 1. The number of halogens is 1. The Balaban J connectivity index is 1.76. The zero-order valence-corrected chi connectivity index (χ0v) is 12.9. The number of nitrogens with zero attached hydrogens (tertiary/aromatic N) is 3. The Morgan fingerprint density at radius 2 is 2.25 bits per heavy atom. The molecule has 1 atom stereocenters. The summed E-state index contributed by atoms with van der Waals surface area (Å²) in [4.78, 5) is 19.6. The molecule has 0 bridgehead atoms. The summed E-state index contributed by atoms with van der Waals surface area (Å²) < 4.78 is 18.3. The van der Waals surface area contributed by atoms with E-state index in [2.05, 4.69) is 20.4 Å². The van der Waals surface area contributed by atoms with E-state index < -0.39 is 11.9 Å². The largest absolute Gasteiger partial charge is 0.481 e. The van der Waals surface area contributed by atoms with Crippen LogP contribution in [0.1, 0.15) is 11.3 Å². The minimum atomic E-state index is -0.973. The molecular weight excluding hydrogens is 315 g/mol. The Morgan fingerprint density at radius 3 is 3.00 bits per heavy atom. The van der Waals surface area contributed by atoms with Gasteiger partial charge < -0.3 is 14.9 Å². The summed E-state index contributed by atoms with van der Waals surface area (Å²) in [6.07, 6.45) is 1.52. The second-order valence-corrected chi connectivity index (χ2v) is 5.42. The topological polar surface area (TPSA) is 101 Å². The van der Waals surface area contributed by atoms with Crippen molar-refractivity contribution in [1.82, 2.24) is 15.1 Å². The summed E-state index contributed by atoms with van der Waals surface area (Å²) in [5.41, 5.74) is 1.57. The number of nitrogens with one attached hydrogen (secondary N) is 1. The van der Waals surface area contributed by atoms with Crippen LogP contribution in [0.2, 0.25) is 0 Å². The third kappa shape index (κ3) is 3.32. The molecule has 3 aromatic rings. The quantitative estimate of drug-likeness (QED) is 0.715. The van der Waals surface area contributed by atoms with Crippen molar-refractivity contribution in [3.05, 3.63) is 47.7 Å². The average molecular weight is 330 g/mol. The van der Waals surface area contributed by atoms with Crippen LogP contribution >= 0.6 is 0 Å². The molecule has 7 nitrogen and oxygen atoms in total. The van der Waals surface area contributed by atoms with Crippen LogP contribution in [0.4, 0.5) is 10.2 Å². The van der Waals surface area contributed by atoms with E-state index in [9.17, 15) is 14.3 Å². The van der Waals surface area contributed by atoms with Crippen molar-refractivity contribution < 1.29 is 18.8 Å². The van der Waals surface area contributed by atoms with Crippen molar-refractivity contribution in [3.63, 3.8) is 0 Å². The zero-order valence-electron chi connectivity index (χ0n) is 12.9. The third-order valence-electron chi connectivity index (χ3n) is 3.68. The number of aliphatic carboxylic acids is 1. The fourth-order valence-electron chi connectivity index (χ4n) is 2.47. The Bertz CT molecular complexity index is 881. The smallest absolute Gasteiger partial charge is 0.308 e. The number of aromatic nitrogens is 3.